The summed E-state index contributed by atoms with van der Waals surface area (Å²) in [4.78, 5) is 0. The summed E-state index contributed by atoms with van der Waals surface area (Å²) in [6.07, 6.45) is 2.38. The second-order valence-electron chi connectivity index (χ2n) is 5.07. The van der Waals surface area contributed by atoms with E-state index in [1.54, 1.807) is 0 Å². The molecule has 2 rings (SSSR count). The minimum Gasteiger partial charge on any atom is -0.380 e. The van der Waals surface area contributed by atoms with Crippen molar-refractivity contribution < 1.29 is 4.74 Å². The van der Waals surface area contributed by atoms with Gasteiger partial charge in [-0.25, -0.2) is 0 Å². The standard InChI is InChI=1S/C14H21NO/c1-14(11-16-12-14)10-15-9-5-8-13-6-3-2-4-7-13/h2-4,6-7,15H,5,8-12H2,1H3. The fraction of sp³-hybridized carbons (Fsp3) is 0.571. The van der Waals surface area contributed by atoms with Gasteiger partial charge in [0.2, 0.25) is 0 Å². The van der Waals surface area contributed by atoms with Crippen LogP contribution in [-0.4, -0.2) is 26.3 Å². The summed E-state index contributed by atoms with van der Waals surface area (Å²) < 4.78 is 5.22. The van der Waals surface area contributed by atoms with Crippen molar-refractivity contribution in [1.29, 1.82) is 0 Å². The van der Waals surface area contributed by atoms with Crippen LogP contribution in [0.4, 0.5) is 0 Å². The highest BCUT2D eigenvalue weighted by Crippen LogP contribution is 2.24. The minimum absolute atomic E-state index is 0.396. The maximum absolute atomic E-state index is 5.22. The summed E-state index contributed by atoms with van der Waals surface area (Å²) in [6, 6.07) is 10.7. The summed E-state index contributed by atoms with van der Waals surface area (Å²) in [5, 5.41) is 3.52. The molecule has 1 N–H and O–H groups in total. The zero-order valence-corrected chi connectivity index (χ0v) is 10.0. The molecule has 0 bridgehead atoms. The molecular formula is C14H21NO. The topological polar surface area (TPSA) is 21.3 Å². The van der Waals surface area contributed by atoms with Crippen LogP contribution in [0, 0.1) is 5.41 Å². The Hall–Kier alpha value is -0.860. The van der Waals surface area contributed by atoms with Crippen LogP contribution in [0.1, 0.15) is 18.9 Å². The molecule has 1 saturated heterocycles. The predicted molar refractivity (Wildman–Crippen MR) is 66.6 cm³/mol. The van der Waals surface area contributed by atoms with E-state index in [0.717, 1.165) is 26.3 Å². The predicted octanol–water partition coefficient (Wildman–Crippen LogP) is 2.25. The van der Waals surface area contributed by atoms with E-state index in [-0.39, 0.29) is 0 Å². The van der Waals surface area contributed by atoms with E-state index in [0.29, 0.717) is 5.41 Å². The van der Waals surface area contributed by atoms with Crippen LogP contribution in [0.5, 0.6) is 0 Å². The molecule has 0 amide bonds. The molecule has 1 aromatic carbocycles. The van der Waals surface area contributed by atoms with Crippen molar-refractivity contribution in [3.63, 3.8) is 0 Å². The first kappa shape index (κ1) is 11.6. The Morgan fingerprint density at radius 3 is 2.62 bits per heavy atom. The molecule has 88 valence electrons. The summed E-state index contributed by atoms with van der Waals surface area (Å²) in [5.74, 6) is 0. The van der Waals surface area contributed by atoms with Gasteiger partial charge < -0.3 is 10.1 Å². The van der Waals surface area contributed by atoms with Crippen LogP contribution in [-0.2, 0) is 11.2 Å². The van der Waals surface area contributed by atoms with Crippen molar-refractivity contribution in [2.75, 3.05) is 26.3 Å². The second kappa shape index (κ2) is 5.46. The number of hydrogen-bond donors (Lipinski definition) is 1. The van der Waals surface area contributed by atoms with Crippen LogP contribution >= 0.6 is 0 Å². The third kappa shape index (κ3) is 3.32. The van der Waals surface area contributed by atoms with E-state index in [9.17, 15) is 0 Å². The lowest BCUT2D eigenvalue weighted by atomic mass is 9.89. The van der Waals surface area contributed by atoms with Gasteiger partial charge in [-0.2, -0.15) is 0 Å². The molecule has 0 spiro atoms. The molecular weight excluding hydrogens is 198 g/mol. The lowest BCUT2D eigenvalue weighted by Crippen LogP contribution is -2.47. The average molecular weight is 219 g/mol. The lowest BCUT2D eigenvalue weighted by Gasteiger charge is -2.38. The maximum Gasteiger partial charge on any atom is 0.0554 e. The van der Waals surface area contributed by atoms with Gasteiger partial charge in [-0.1, -0.05) is 37.3 Å². The summed E-state index contributed by atoms with van der Waals surface area (Å²) in [7, 11) is 0. The van der Waals surface area contributed by atoms with Crippen molar-refractivity contribution in [2.24, 2.45) is 5.41 Å². The normalized spacial score (nSPS) is 18.1. The first-order valence-corrected chi connectivity index (χ1v) is 6.11. The van der Waals surface area contributed by atoms with E-state index in [4.69, 9.17) is 4.74 Å². The van der Waals surface area contributed by atoms with Gasteiger partial charge in [0.1, 0.15) is 0 Å². The molecule has 1 aliphatic rings. The third-order valence-electron chi connectivity index (χ3n) is 3.11. The molecule has 1 aromatic rings. The van der Waals surface area contributed by atoms with Crippen molar-refractivity contribution in [3.05, 3.63) is 35.9 Å². The van der Waals surface area contributed by atoms with Crippen molar-refractivity contribution in [3.8, 4) is 0 Å². The Kier molecular flexibility index (Phi) is 3.97. The molecule has 0 radical (unpaired) electrons. The highest BCUT2D eigenvalue weighted by atomic mass is 16.5. The molecule has 2 nitrogen and oxygen atoms in total. The first-order chi connectivity index (χ1) is 7.79. The van der Waals surface area contributed by atoms with E-state index in [2.05, 4.69) is 42.6 Å². The minimum atomic E-state index is 0.396. The van der Waals surface area contributed by atoms with Crippen LogP contribution in [0.25, 0.3) is 0 Å². The van der Waals surface area contributed by atoms with Gasteiger partial charge in [0.05, 0.1) is 13.2 Å². The number of nitrogens with one attached hydrogen (secondary N) is 1. The zero-order chi connectivity index (χ0) is 11.3. The summed E-state index contributed by atoms with van der Waals surface area (Å²) in [5.41, 5.74) is 1.83. The zero-order valence-electron chi connectivity index (χ0n) is 10.0. The number of rotatable bonds is 6. The molecule has 1 fully saturated rings. The Morgan fingerprint density at radius 1 is 1.25 bits per heavy atom. The van der Waals surface area contributed by atoms with E-state index >= 15 is 0 Å². The molecule has 0 unspecified atom stereocenters. The Balaban J connectivity index is 1.55. The van der Waals surface area contributed by atoms with Gasteiger partial charge in [0.15, 0.2) is 0 Å². The van der Waals surface area contributed by atoms with Crippen molar-refractivity contribution in [2.45, 2.75) is 19.8 Å². The van der Waals surface area contributed by atoms with E-state index in [1.165, 1.54) is 18.4 Å². The Bertz CT molecular complexity index is 306. The largest absolute Gasteiger partial charge is 0.380 e. The van der Waals surface area contributed by atoms with E-state index < -0.39 is 0 Å². The summed E-state index contributed by atoms with van der Waals surface area (Å²) in [6.45, 7) is 6.30. The van der Waals surface area contributed by atoms with Crippen LogP contribution in [0.3, 0.4) is 0 Å². The van der Waals surface area contributed by atoms with Crippen molar-refractivity contribution in [1.82, 2.24) is 5.32 Å². The van der Waals surface area contributed by atoms with Gasteiger partial charge in [-0.05, 0) is 24.9 Å². The maximum atomic E-state index is 5.22. The van der Waals surface area contributed by atoms with E-state index in [1.807, 2.05) is 0 Å². The first-order valence-electron chi connectivity index (χ1n) is 6.11. The smallest absolute Gasteiger partial charge is 0.0554 e. The van der Waals surface area contributed by atoms with Gasteiger partial charge in [-0.3, -0.25) is 0 Å². The number of ether oxygens (including phenoxy) is 1. The highest BCUT2D eigenvalue weighted by molar-refractivity contribution is 5.14. The monoisotopic (exact) mass is 219 g/mol. The SMILES string of the molecule is CC1(CNCCCc2ccccc2)COC1. The Labute approximate surface area is 98.0 Å². The quantitative estimate of drug-likeness (QED) is 0.741. The fourth-order valence-corrected chi connectivity index (χ4v) is 2.00. The molecule has 0 saturated carbocycles. The highest BCUT2D eigenvalue weighted by Gasteiger charge is 2.32. The molecule has 1 heterocycles. The molecule has 16 heavy (non-hydrogen) atoms. The van der Waals surface area contributed by atoms with Gasteiger partial charge in [0, 0.05) is 12.0 Å². The second-order valence-corrected chi connectivity index (χ2v) is 5.07. The molecule has 0 atom stereocenters. The summed E-state index contributed by atoms with van der Waals surface area (Å²) >= 11 is 0. The Morgan fingerprint density at radius 2 is 2.00 bits per heavy atom. The van der Waals surface area contributed by atoms with Crippen LogP contribution < -0.4 is 5.32 Å². The van der Waals surface area contributed by atoms with Crippen LogP contribution in [0.15, 0.2) is 30.3 Å². The number of benzene rings is 1. The molecule has 0 aliphatic carbocycles. The number of aryl methyl sites for hydroxylation is 1. The third-order valence-corrected chi connectivity index (χ3v) is 3.11. The molecule has 1 aliphatic heterocycles. The van der Waals surface area contributed by atoms with Crippen LogP contribution in [0.2, 0.25) is 0 Å². The lowest BCUT2D eigenvalue weighted by molar-refractivity contribution is -0.0989. The van der Waals surface area contributed by atoms with Gasteiger partial charge in [-0.15, -0.1) is 0 Å². The average Bonchev–Trinajstić information content (AvgIpc) is 2.28. The molecule has 0 aromatic heterocycles. The fourth-order valence-electron chi connectivity index (χ4n) is 2.00. The van der Waals surface area contributed by atoms with Crippen molar-refractivity contribution >= 4 is 0 Å². The van der Waals surface area contributed by atoms with Gasteiger partial charge in [0.25, 0.3) is 0 Å². The van der Waals surface area contributed by atoms with Gasteiger partial charge >= 0.3 is 0 Å². The number of hydrogen-bond acceptors (Lipinski definition) is 2. The molecule has 2 heteroatoms.